The van der Waals surface area contributed by atoms with Crippen LogP contribution in [0.25, 0.3) is 0 Å². The largest absolute Gasteiger partial charge is 0.507 e. The van der Waals surface area contributed by atoms with Crippen LogP contribution in [0.1, 0.15) is 31.1 Å². The maximum atomic E-state index is 13.1. The van der Waals surface area contributed by atoms with Crippen molar-refractivity contribution in [2.24, 2.45) is 0 Å². The van der Waals surface area contributed by atoms with Gasteiger partial charge in [-0.25, -0.2) is 4.39 Å². The number of nitrogens with one attached hydrogen (secondary N) is 1. The Labute approximate surface area is 117 Å². The summed E-state index contributed by atoms with van der Waals surface area (Å²) in [6.07, 6.45) is 0. The quantitative estimate of drug-likeness (QED) is 0.860. The lowest BCUT2D eigenvalue weighted by Gasteiger charge is -2.23. The van der Waals surface area contributed by atoms with E-state index in [9.17, 15) is 19.1 Å². The van der Waals surface area contributed by atoms with Gasteiger partial charge in [-0.2, -0.15) is 0 Å². The number of benzene rings is 1. The van der Waals surface area contributed by atoms with Gasteiger partial charge in [-0.1, -0.05) is 0 Å². The van der Waals surface area contributed by atoms with Crippen molar-refractivity contribution >= 4 is 11.8 Å². The van der Waals surface area contributed by atoms with E-state index in [0.29, 0.717) is 13.1 Å². The van der Waals surface area contributed by atoms with Crippen LogP contribution in [-0.4, -0.2) is 41.0 Å². The van der Waals surface area contributed by atoms with E-state index in [4.69, 9.17) is 0 Å². The SMILES string of the molecule is CCN(CC)C(=O)C(C)NC(=O)c1cc(F)ccc1O. The maximum Gasteiger partial charge on any atom is 0.255 e. The van der Waals surface area contributed by atoms with E-state index in [1.54, 1.807) is 11.8 Å². The number of hydrogen-bond acceptors (Lipinski definition) is 3. The highest BCUT2D eigenvalue weighted by Crippen LogP contribution is 2.17. The number of amides is 2. The molecular formula is C14H19FN2O3. The molecule has 1 aromatic rings. The molecule has 0 saturated heterocycles. The second-order valence-corrected chi connectivity index (χ2v) is 4.37. The third-order valence-electron chi connectivity index (χ3n) is 3.00. The van der Waals surface area contributed by atoms with Crippen molar-refractivity contribution in [3.63, 3.8) is 0 Å². The third kappa shape index (κ3) is 3.69. The van der Waals surface area contributed by atoms with E-state index >= 15 is 0 Å². The fourth-order valence-corrected chi connectivity index (χ4v) is 1.84. The molecule has 0 bridgehead atoms. The molecule has 1 rings (SSSR count). The number of phenols is 1. The summed E-state index contributed by atoms with van der Waals surface area (Å²) in [5, 5.41) is 12.0. The fraction of sp³-hybridized carbons (Fsp3) is 0.429. The molecule has 1 atom stereocenters. The summed E-state index contributed by atoms with van der Waals surface area (Å²) in [5.74, 6) is -1.86. The number of hydrogen-bond donors (Lipinski definition) is 2. The van der Waals surface area contributed by atoms with Crippen molar-refractivity contribution in [2.75, 3.05) is 13.1 Å². The number of rotatable bonds is 5. The molecule has 0 radical (unpaired) electrons. The zero-order chi connectivity index (χ0) is 15.3. The van der Waals surface area contributed by atoms with Gasteiger partial charge >= 0.3 is 0 Å². The van der Waals surface area contributed by atoms with Gasteiger partial charge in [0.1, 0.15) is 17.6 Å². The summed E-state index contributed by atoms with van der Waals surface area (Å²) in [4.78, 5) is 25.5. The maximum absolute atomic E-state index is 13.1. The molecule has 0 aromatic heterocycles. The Balaban J connectivity index is 2.80. The van der Waals surface area contributed by atoms with Gasteiger partial charge in [0.2, 0.25) is 5.91 Å². The first-order valence-corrected chi connectivity index (χ1v) is 6.48. The molecule has 110 valence electrons. The number of halogens is 1. The summed E-state index contributed by atoms with van der Waals surface area (Å²) in [7, 11) is 0. The minimum absolute atomic E-state index is 0.191. The highest BCUT2D eigenvalue weighted by Gasteiger charge is 2.22. The first-order valence-electron chi connectivity index (χ1n) is 6.48. The topological polar surface area (TPSA) is 69.6 Å². The van der Waals surface area contributed by atoms with Crippen LogP contribution in [0.4, 0.5) is 4.39 Å². The molecule has 0 fully saturated rings. The first-order chi connectivity index (χ1) is 9.40. The first kappa shape index (κ1) is 15.9. The van der Waals surface area contributed by atoms with E-state index in [2.05, 4.69) is 5.32 Å². The van der Waals surface area contributed by atoms with Gasteiger partial charge in [-0.15, -0.1) is 0 Å². The van der Waals surface area contributed by atoms with Gasteiger partial charge in [0, 0.05) is 13.1 Å². The van der Waals surface area contributed by atoms with E-state index in [0.717, 1.165) is 18.2 Å². The van der Waals surface area contributed by atoms with E-state index in [-0.39, 0.29) is 17.2 Å². The number of phenolic OH excluding ortho intramolecular Hbond substituents is 1. The molecule has 6 heteroatoms. The van der Waals surface area contributed by atoms with Crippen LogP contribution in [0.5, 0.6) is 5.75 Å². The number of carbonyl (C=O) groups is 2. The van der Waals surface area contributed by atoms with E-state index < -0.39 is 17.8 Å². The normalized spacial score (nSPS) is 11.8. The lowest BCUT2D eigenvalue weighted by molar-refractivity contribution is -0.132. The summed E-state index contributed by atoms with van der Waals surface area (Å²) in [6, 6.07) is 2.34. The predicted octanol–water partition coefficient (Wildman–Crippen LogP) is 1.52. The van der Waals surface area contributed by atoms with Crippen LogP contribution in [0.3, 0.4) is 0 Å². The summed E-state index contributed by atoms with van der Waals surface area (Å²) in [6.45, 7) is 6.32. The van der Waals surface area contributed by atoms with Gasteiger partial charge in [0.15, 0.2) is 0 Å². The molecule has 0 aliphatic carbocycles. The van der Waals surface area contributed by atoms with Crippen molar-refractivity contribution < 1.29 is 19.1 Å². The van der Waals surface area contributed by atoms with Crippen LogP contribution in [0.2, 0.25) is 0 Å². The van der Waals surface area contributed by atoms with Gasteiger partial charge in [0.05, 0.1) is 5.56 Å². The minimum atomic E-state index is -0.745. The molecule has 2 amide bonds. The molecule has 0 saturated carbocycles. The Hall–Kier alpha value is -2.11. The van der Waals surface area contributed by atoms with Crippen molar-refractivity contribution in [2.45, 2.75) is 26.8 Å². The summed E-state index contributed by atoms with van der Waals surface area (Å²) in [5.41, 5.74) is -0.191. The molecule has 2 N–H and O–H groups in total. The highest BCUT2D eigenvalue weighted by molar-refractivity contribution is 5.99. The monoisotopic (exact) mass is 282 g/mol. The van der Waals surface area contributed by atoms with Crippen LogP contribution >= 0.6 is 0 Å². The van der Waals surface area contributed by atoms with E-state index in [1.807, 2.05) is 13.8 Å². The third-order valence-corrected chi connectivity index (χ3v) is 3.00. The minimum Gasteiger partial charge on any atom is -0.507 e. The molecular weight excluding hydrogens is 263 g/mol. The van der Waals surface area contributed by atoms with Gasteiger partial charge in [0.25, 0.3) is 5.91 Å². The Bertz CT molecular complexity index is 501. The van der Waals surface area contributed by atoms with Crippen LogP contribution < -0.4 is 5.32 Å². The number of aromatic hydroxyl groups is 1. The zero-order valence-electron chi connectivity index (χ0n) is 11.8. The second kappa shape index (κ2) is 6.88. The Morgan fingerprint density at radius 2 is 1.95 bits per heavy atom. The average Bonchev–Trinajstić information content (AvgIpc) is 2.42. The summed E-state index contributed by atoms with van der Waals surface area (Å²) >= 11 is 0. The van der Waals surface area contributed by atoms with Crippen LogP contribution in [0, 0.1) is 5.82 Å². The Morgan fingerprint density at radius 3 is 2.50 bits per heavy atom. The second-order valence-electron chi connectivity index (χ2n) is 4.37. The zero-order valence-corrected chi connectivity index (χ0v) is 11.8. The van der Waals surface area contributed by atoms with Crippen LogP contribution in [-0.2, 0) is 4.79 Å². The Kier molecular flexibility index (Phi) is 5.49. The molecule has 0 aliphatic rings. The lowest BCUT2D eigenvalue weighted by Crippen LogP contribution is -2.46. The van der Waals surface area contributed by atoms with Gasteiger partial charge in [-0.3, -0.25) is 9.59 Å². The fourth-order valence-electron chi connectivity index (χ4n) is 1.84. The van der Waals surface area contributed by atoms with Crippen molar-refractivity contribution in [3.8, 4) is 5.75 Å². The van der Waals surface area contributed by atoms with Crippen molar-refractivity contribution in [1.82, 2.24) is 10.2 Å². The molecule has 1 aromatic carbocycles. The predicted molar refractivity (Wildman–Crippen MR) is 72.9 cm³/mol. The lowest BCUT2D eigenvalue weighted by atomic mass is 10.1. The molecule has 20 heavy (non-hydrogen) atoms. The number of carbonyl (C=O) groups excluding carboxylic acids is 2. The number of likely N-dealkylation sites (N-methyl/N-ethyl adjacent to an activating group) is 1. The average molecular weight is 282 g/mol. The summed E-state index contributed by atoms with van der Waals surface area (Å²) < 4.78 is 13.1. The molecule has 5 nitrogen and oxygen atoms in total. The standard InChI is InChI=1S/C14H19FN2O3/c1-4-17(5-2)14(20)9(3)16-13(19)11-8-10(15)6-7-12(11)18/h6-9,18H,4-5H2,1-3H3,(H,16,19). The molecule has 0 spiro atoms. The Morgan fingerprint density at radius 1 is 1.35 bits per heavy atom. The van der Waals surface area contributed by atoms with Crippen molar-refractivity contribution in [1.29, 1.82) is 0 Å². The van der Waals surface area contributed by atoms with Crippen LogP contribution in [0.15, 0.2) is 18.2 Å². The smallest absolute Gasteiger partial charge is 0.255 e. The van der Waals surface area contributed by atoms with E-state index in [1.165, 1.54) is 0 Å². The highest BCUT2D eigenvalue weighted by atomic mass is 19.1. The molecule has 0 aliphatic heterocycles. The molecule has 0 heterocycles. The van der Waals surface area contributed by atoms with Crippen molar-refractivity contribution in [3.05, 3.63) is 29.6 Å². The number of nitrogens with zero attached hydrogens (tertiary/aromatic N) is 1. The molecule has 1 unspecified atom stereocenters. The van der Waals surface area contributed by atoms with Gasteiger partial charge in [-0.05, 0) is 39.0 Å². The van der Waals surface area contributed by atoms with Gasteiger partial charge < -0.3 is 15.3 Å².